The average molecular weight is 293 g/mol. The van der Waals surface area contributed by atoms with Crippen LogP contribution in [0.2, 0.25) is 0 Å². The van der Waals surface area contributed by atoms with Crippen molar-refractivity contribution in [2.24, 2.45) is 5.14 Å². The third kappa shape index (κ3) is 3.31. The van der Waals surface area contributed by atoms with Gasteiger partial charge in [-0.25, -0.2) is 23.5 Å². The number of hydrogen-bond acceptors (Lipinski definition) is 5. The van der Waals surface area contributed by atoms with Gasteiger partial charge in [0.05, 0.1) is 4.90 Å². The number of aromatic nitrogens is 2. The summed E-state index contributed by atoms with van der Waals surface area (Å²) in [6, 6.07) is 4.88. The summed E-state index contributed by atoms with van der Waals surface area (Å²) in [5, 5.41) is 5.15. The fourth-order valence-corrected chi connectivity index (χ4v) is 2.62. The van der Waals surface area contributed by atoms with Gasteiger partial charge < -0.3 is 4.74 Å². The predicted octanol–water partition coefficient (Wildman–Crippen LogP) is 1.32. The number of hydrogen-bond donors (Lipinski definition) is 1. The lowest BCUT2D eigenvalue weighted by atomic mass is 10.1. The summed E-state index contributed by atoms with van der Waals surface area (Å²) in [5.41, 5.74) is 1.23. The van der Waals surface area contributed by atoms with E-state index in [1.807, 2.05) is 0 Å². The van der Waals surface area contributed by atoms with E-state index < -0.39 is 10.0 Å². The standard InChI is InChI=1S/C13H15N3O3S/c1-9-7-12(20(14,17)18)10(2)6-11(9)19-8-13-15-4-3-5-16-13/h3-7H,8H2,1-2H3,(H2,14,17,18). The Morgan fingerprint density at radius 1 is 1.15 bits per heavy atom. The molecule has 0 amide bonds. The highest BCUT2D eigenvalue weighted by atomic mass is 32.2. The number of nitrogens with two attached hydrogens (primary N) is 1. The summed E-state index contributed by atoms with van der Waals surface area (Å²) in [5.74, 6) is 1.14. The van der Waals surface area contributed by atoms with Crippen molar-refractivity contribution in [1.29, 1.82) is 0 Å². The van der Waals surface area contributed by atoms with Crippen molar-refractivity contribution in [3.63, 3.8) is 0 Å². The Hall–Kier alpha value is -1.99. The Labute approximate surface area is 117 Å². The molecule has 0 aliphatic carbocycles. The molecule has 1 heterocycles. The Morgan fingerprint density at radius 3 is 2.40 bits per heavy atom. The first-order chi connectivity index (χ1) is 9.38. The molecule has 0 radical (unpaired) electrons. The van der Waals surface area contributed by atoms with Crippen molar-refractivity contribution in [3.8, 4) is 5.75 Å². The summed E-state index contributed by atoms with van der Waals surface area (Å²) in [6.45, 7) is 3.65. The number of sulfonamides is 1. The van der Waals surface area contributed by atoms with Crippen molar-refractivity contribution >= 4 is 10.0 Å². The van der Waals surface area contributed by atoms with Crippen LogP contribution in [-0.2, 0) is 16.6 Å². The number of nitrogens with zero attached hydrogens (tertiary/aromatic N) is 2. The predicted molar refractivity (Wildman–Crippen MR) is 73.7 cm³/mol. The lowest BCUT2D eigenvalue weighted by molar-refractivity contribution is 0.293. The van der Waals surface area contributed by atoms with Gasteiger partial charge in [0, 0.05) is 12.4 Å². The second-order valence-electron chi connectivity index (χ2n) is 4.38. The summed E-state index contributed by atoms with van der Waals surface area (Å²) < 4.78 is 28.4. The van der Waals surface area contributed by atoms with Gasteiger partial charge in [0.15, 0.2) is 5.82 Å². The van der Waals surface area contributed by atoms with Crippen LogP contribution in [0.4, 0.5) is 0 Å². The quantitative estimate of drug-likeness (QED) is 0.917. The Kier molecular flexibility index (Phi) is 4.01. The van der Waals surface area contributed by atoms with E-state index in [-0.39, 0.29) is 11.5 Å². The molecule has 1 aromatic carbocycles. The molecule has 0 spiro atoms. The fraction of sp³-hybridized carbons (Fsp3) is 0.231. The maximum Gasteiger partial charge on any atom is 0.238 e. The minimum absolute atomic E-state index is 0.110. The van der Waals surface area contributed by atoms with Crippen LogP contribution in [0.3, 0.4) is 0 Å². The van der Waals surface area contributed by atoms with E-state index in [2.05, 4.69) is 9.97 Å². The zero-order valence-electron chi connectivity index (χ0n) is 11.2. The average Bonchev–Trinajstić information content (AvgIpc) is 2.39. The Morgan fingerprint density at radius 2 is 1.80 bits per heavy atom. The van der Waals surface area contributed by atoms with Gasteiger partial charge in [-0.05, 0) is 43.2 Å². The van der Waals surface area contributed by atoms with Crippen LogP contribution in [0.15, 0.2) is 35.5 Å². The van der Waals surface area contributed by atoms with Crippen molar-refractivity contribution in [3.05, 3.63) is 47.5 Å². The molecule has 0 aliphatic rings. The largest absolute Gasteiger partial charge is 0.485 e. The second-order valence-corrected chi connectivity index (χ2v) is 5.91. The van der Waals surface area contributed by atoms with Crippen LogP contribution in [0.25, 0.3) is 0 Å². The maximum absolute atomic E-state index is 11.4. The molecule has 0 aliphatic heterocycles. The molecule has 1 aromatic heterocycles. The van der Waals surface area contributed by atoms with E-state index in [4.69, 9.17) is 9.88 Å². The van der Waals surface area contributed by atoms with Gasteiger partial charge in [-0.2, -0.15) is 0 Å². The molecule has 2 N–H and O–H groups in total. The molecule has 0 saturated heterocycles. The van der Waals surface area contributed by atoms with Crippen LogP contribution in [0, 0.1) is 13.8 Å². The fourth-order valence-electron chi connectivity index (χ4n) is 1.77. The summed E-state index contributed by atoms with van der Waals surface area (Å²) in [4.78, 5) is 8.21. The van der Waals surface area contributed by atoms with Crippen LogP contribution in [0.5, 0.6) is 5.75 Å². The Bertz CT molecular complexity index is 715. The maximum atomic E-state index is 11.4. The lowest BCUT2D eigenvalue weighted by Gasteiger charge is -2.12. The smallest absolute Gasteiger partial charge is 0.238 e. The SMILES string of the molecule is Cc1cc(S(N)(=O)=O)c(C)cc1OCc1ncccn1. The van der Waals surface area contributed by atoms with E-state index in [1.54, 1.807) is 38.4 Å². The van der Waals surface area contributed by atoms with Crippen LogP contribution in [-0.4, -0.2) is 18.4 Å². The molecule has 2 aromatic rings. The van der Waals surface area contributed by atoms with Gasteiger partial charge in [0.1, 0.15) is 12.4 Å². The van der Waals surface area contributed by atoms with Gasteiger partial charge in [-0.1, -0.05) is 0 Å². The van der Waals surface area contributed by atoms with Crippen LogP contribution < -0.4 is 9.88 Å². The van der Waals surface area contributed by atoms with E-state index in [0.29, 0.717) is 22.7 Å². The van der Waals surface area contributed by atoms with Gasteiger partial charge >= 0.3 is 0 Å². The number of aryl methyl sites for hydroxylation is 2. The third-order valence-electron chi connectivity index (χ3n) is 2.76. The van der Waals surface area contributed by atoms with E-state index in [9.17, 15) is 8.42 Å². The number of ether oxygens (including phenoxy) is 1. The molecule has 0 saturated carbocycles. The van der Waals surface area contributed by atoms with Gasteiger partial charge in [-0.15, -0.1) is 0 Å². The van der Waals surface area contributed by atoms with Gasteiger partial charge in [0.2, 0.25) is 10.0 Å². The Balaban J connectivity index is 2.24. The first kappa shape index (κ1) is 14.4. The number of rotatable bonds is 4. The van der Waals surface area contributed by atoms with Crippen LogP contribution >= 0.6 is 0 Å². The summed E-state index contributed by atoms with van der Waals surface area (Å²) in [7, 11) is -3.72. The molecule has 7 heteroatoms. The molecule has 106 valence electrons. The second kappa shape index (κ2) is 5.56. The molecule has 20 heavy (non-hydrogen) atoms. The molecule has 0 unspecified atom stereocenters. The highest BCUT2D eigenvalue weighted by Gasteiger charge is 2.14. The molecule has 0 atom stereocenters. The van der Waals surface area contributed by atoms with E-state index >= 15 is 0 Å². The molecular weight excluding hydrogens is 278 g/mol. The number of benzene rings is 1. The zero-order chi connectivity index (χ0) is 14.8. The van der Waals surface area contributed by atoms with Crippen molar-refractivity contribution in [1.82, 2.24) is 9.97 Å². The molecule has 0 fully saturated rings. The lowest BCUT2D eigenvalue weighted by Crippen LogP contribution is -2.14. The first-order valence-corrected chi connectivity index (χ1v) is 7.45. The normalized spacial score (nSPS) is 11.3. The van der Waals surface area contributed by atoms with Gasteiger partial charge in [-0.3, -0.25) is 0 Å². The van der Waals surface area contributed by atoms with E-state index in [1.165, 1.54) is 6.07 Å². The van der Waals surface area contributed by atoms with Crippen molar-refractivity contribution < 1.29 is 13.2 Å². The van der Waals surface area contributed by atoms with Crippen molar-refractivity contribution in [2.45, 2.75) is 25.3 Å². The topological polar surface area (TPSA) is 95.2 Å². The first-order valence-electron chi connectivity index (χ1n) is 5.90. The van der Waals surface area contributed by atoms with Crippen LogP contribution in [0.1, 0.15) is 17.0 Å². The number of primary sulfonamides is 1. The summed E-state index contributed by atoms with van der Waals surface area (Å²) in [6.07, 6.45) is 3.27. The zero-order valence-corrected chi connectivity index (χ0v) is 12.0. The highest BCUT2D eigenvalue weighted by Crippen LogP contribution is 2.25. The van der Waals surface area contributed by atoms with E-state index in [0.717, 1.165) is 0 Å². The molecule has 2 rings (SSSR count). The highest BCUT2D eigenvalue weighted by molar-refractivity contribution is 7.89. The monoisotopic (exact) mass is 293 g/mol. The third-order valence-corrected chi connectivity index (χ3v) is 3.81. The minimum atomic E-state index is -3.72. The van der Waals surface area contributed by atoms with Crippen molar-refractivity contribution in [2.75, 3.05) is 0 Å². The summed E-state index contributed by atoms with van der Waals surface area (Å²) >= 11 is 0. The molecular formula is C13H15N3O3S. The van der Waals surface area contributed by atoms with Gasteiger partial charge in [0.25, 0.3) is 0 Å². The molecule has 6 nitrogen and oxygen atoms in total. The molecule has 0 bridgehead atoms. The minimum Gasteiger partial charge on any atom is -0.485 e.